The number of fused-ring (bicyclic) bond motifs is 1. The molecule has 3 aromatic carbocycles. The Morgan fingerprint density at radius 1 is 0.985 bits per heavy atom. The van der Waals surface area contributed by atoms with Crippen LogP contribution >= 0.6 is 11.6 Å². The third kappa shape index (κ3) is 10.4. The number of hydrogen-bond acceptors (Lipinski definition) is 12. The molecule has 1 saturated carbocycles. The molecule has 0 atom stereocenters. The van der Waals surface area contributed by atoms with Crippen LogP contribution in [0.25, 0.3) is 16.6 Å². The van der Waals surface area contributed by atoms with Crippen LogP contribution in [0.2, 0.25) is 5.02 Å². The molecule has 0 unspecified atom stereocenters. The maximum absolute atomic E-state index is 14.2. The normalized spacial score (nSPS) is 20.9. The smallest absolute Gasteiger partial charge is 0.293 e. The fraction of sp³-hybridized carbons (Fsp3) is 0.429. The molecule has 4 heterocycles. The summed E-state index contributed by atoms with van der Waals surface area (Å²) in [5.41, 5.74) is 5.37. The van der Waals surface area contributed by atoms with Crippen molar-refractivity contribution < 1.29 is 27.6 Å². The number of H-pyrrole nitrogens is 1. The number of amides is 1. The Kier molecular flexibility index (Phi) is 13.4. The van der Waals surface area contributed by atoms with E-state index in [4.69, 9.17) is 21.1 Å². The SMILES string of the molecule is CC1(C)CCC(CN2CCN(c3cccc(C(=O)NS(=O)(=O)c4ccc(NC5CCC(N6CCOCC6)CC5)c([N+](=O)[O-])c4)c3Oc3cnc4[nH]ccc4c3)CC2)=C(c2ccc(Cl)cc2)C1. The highest BCUT2D eigenvalue weighted by Gasteiger charge is 2.33. The maximum Gasteiger partial charge on any atom is 0.293 e. The summed E-state index contributed by atoms with van der Waals surface area (Å²) in [6.07, 6.45) is 10.0. The van der Waals surface area contributed by atoms with Crippen LogP contribution in [0, 0.1) is 15.5 Å². The second-order valence-electron chi connectivity index (χ2n) is 18.7. The molecule has 348 valence electrons. The number of piperazine rings is 1. The number of nitrogens with zero attached hydrogens (tertiary/aromatic N) is 5. The zero-order valence-electron chi connectivity index (χ0n) is 37.4. The number of rotatable bonds is 13. The Balaban J connectivity index is 0.930. The number of nitro benzene ring substituents is 1. The molecular formula is C49H57ClN8O7S. The van der Waals surface area contributed by atoms with Crippen molar-refractivity contribution in [1.82, 2.24) is 24.5 Å². The van der Waals surface area contributed by atoms with Gasteiger partial charge in [-0.2, -0.15) is 0 Å². The number of pyridine rings is 1. The molecule has 9 rings (SSSR count). The molecule has 66 heavy (non-hydrogen) atoms. The van der Waals surface area contributed by atoms with Gasteiger partial charge in [0.1, 0.15) is 17.1 Å². The Hall–Kier alpha value is -5.52. The van der Waals surface area contributed by atoms with Gasteiger partial charge in [0.05, 0.1) is 40.5 Å². The summed E-state index contributed by atoms with van der Waals surface area (Å²) in [5, 5.41) is 17.2. The van der Waals surface area contributed by atoms with E-state index in [1.165, 1.54) is 34.9 Å². The molecule has 5 aromatic rings. The van der Waals surface area contributed by atoms with Gasteiger partial charge >= 0.3 is 0 Å². The summed E-state index contributed by atoms with van der Waals surface area (Å²) in [6, 6.07) is 21.1. The third-order valence-corrected chi connectivity index (χ3v) is 15.2. The van der Waals surface area contributed by atoms with Crippen molar-refractivity contribution in [2.24, 2.45) is 5.41 Å². The summed E-state index contributed by atoms with van der Waals surface area (Å²) in [4.78, 5) is 40.2. The standard InChI is InChI=1S/C49H57ClN8O7S/c1-49(2)18-16-35(42(30-49)33-6-8-36(50)9-7-33)32-55-20-22-57(23-21-55)44-5-3-4-41(46(44)65-39-28-34-17-19-51-47(34)52-31-39)48(59)54-66(62,63)40-14-15-43(45(29-40)58(60)61)53-37-10-12-38(13-11-37)56-24-26-64-27-25-56/h3-9,14-15,17,19,28-29,31,37-38,53H,10-13,16,18,20-27,30,32H2,1-2H3,(H,51,52)(H,54,59). The van der Waals surface area contributed by atoms with E-state index in [1.807, 2.05) is 24.3 Å². The number of hydrogen-bond donors (Lipinski definition) is 3. The number of ether oxygens (including phenoxy) is 2. The zero-order valence-corrected chi connectivity index (χ0v) is 39.0. The van der Waals surface area contributed by atoms with Crippen LogP contribution in [0.5, 0.6) is 11.5 Å². The Morgan fingerprint density at radius 2 is 1.74 bits per heavy atom. The number of aromatic amines is 1. The number of halogens is 1. The number of benzene rings is 3. The molecule has 3 N–H and O–H groups in total. The van der Waals surface area contributed by atoms with Crippen LogP contribution in [0.15, 0.2) is 95.7 Å². The van der Waals surface area contributed by atoms with Crippen molar-refractivity contribution in [3.8, 4) is 11.5 Å². The quantitative estimate of drug-likeness (QED) is 0.0757. The molecule has 2 aliphatic heterocycles. The zero-order chi connectivity index (χ0) is 46.0. The topological polar surface area (TPSA) is 175 Å². The lowest BCUT2D eigenvalue weighted by atomic mass is 9.72. The Morgan fingerprint density at radius 3 is 2.48 bits per heavy atom. The number of allylic oxidation sites excluding steroid dienone is 1. The van der Waals surface area contributed by atoms with Gasteiger partial charge in [0.25, 0.3) is 21.6 Å². The first kappa shape index (κ1) is 45.6. The second kappa shape index (κ2) is 19.4. The fourth-order valence-electron chi connectivity index (χ4n) is 9.97. The lowest BCUT2D eigenvalue weighted by Crippen LogP contribution is -2.47. The van der Waals surface area contributed by atoms with Gasteiger partial charge in [0.15, 0.2) is 5.75 Å². The van der Waals surface area contributed by atoms with Crippen LogP contribution in [0.1, 0.15) is 74.7 Å². The van der Waals surface area contributed by atoms with Crippen molar-refractivity contribution in [3.05, 3.63) is 117 Å². The van der Waals surface area contributed by atoms with Crippen LogP contribution in [-0.4, -0.2) is 110 Å². The molecule has 15 nitrogen and oxygen atoms in total. The van der Waals surface area contributed by atoms with Crippen molar-refractivity contribution >= 4 is 61.2 Å². The number of carbonyl (C=O) groups excluding carboxylic acids is 1. The highest BCUT2D eigenvalue weighted by Crippen LogP contribution is 2.44. The summed E-state index contributed by atoms with van der Waals surface area (Å²) in [5.74, 6) is -0.406. The highest BCUT2D eigenvalue weighted by molar-refractivity contribution is 7.90. The van der Waals surface area contributed by atoms with Gasteiger partial charge in [0.2, 0.25) is 0 Å². The van der Waals surface area contributed by atoms with Gasteiger partial charge in [-0.3, -0.25) is 24.7 Å². The molecule has 2 aliphatic carbocycles. The molecule has 2 aromatic heterocycles. The van der Waals surface area contributed by atoms with E-state index < -0.39 is 25.7 Å². The molecule has 0 spiro atoms. The molecule has 2 saturated heterocycles. The average Bonchev–Trinajstić information content (AvgIpc) is 3.79. The number of sulfonamides is 1. The number of nitro groups is 1. The number of para-hydroxylation sites is 1. The largest absolute Gasteiger partial charge is 0.453 e. The van der Waals surface area contributed by atoms with E-state index in [1.54, 1.807) is 24.5 Å². The van der Waals surface area contributed by atoms with E-state index in [2.05, 4.69) is 60.7 Å². The summed E-state index contributed by atoms with van der Waals surface area (Å²) in [6.45, 7) is 11.5. The first-order valence-electron chi connectivity index (χ1n) is 22.9. The predicted octanol–water partition coefficient (Wildman–Crippen LogP) is 8.88. The lowest BCUT2D eigenvalue weighted by Gasteiger charge is -2.39. The molecule has 17 heteroatoms. The maximum atomic E-state index is 14.2. The van der Waals surface area contributed by atoms with Gasteiger partial charge in [-0.05, 0) is 110 Å². The third-order valence-electron chi connectivity index (χ3n) is 13.7. The lowest BCUT2D eigenvalue weighted by molar-refractivity contribution is -0.384. The molecule has 4 aliphatic rings. The van der Waals surface area contributed by atoms with Gasteiger partial charge in [-0.1, -0.05) is 49.2 Å². The van der Waals surface area contributed by atoms with E-state index >= 15 is 0 Å². The number of aromatic nitrogens is 2. The molecule has 0 radical (unpaired) electrons. The summed E-state index contributed by atoms with van der Waals surface area (Å²) < 4.78 is 42.1. The van der Waals surface area contributed by atoms with E-state index in [9.17, 15) is 23.3 Å². The van der Waals surface area contributed by atoms with Crippen LogP contribution in [0.4, 0.5) is 17.1 Å². The van der Waals surface area contributed by atoms with E-state index in [0.29, 0.717) is 36.2 Å². The number of anilines is 2. The van der Waals surface area contributed by atoms with Crippen molar-refractivity contribution in [2.75, 3.05) is 69.2 Å². The van der Waals surface area contributed by atoms with Crippen molar-refractivity contribution in [2.45, 2.75) is 75.8 Å². The second-order valence-corrected chi connectivity index (χ2v) is 20.8. The van der Waals surface area contributed by atoms with Gasteiger partial charge in [-0.15, -0.1) is 0 Å². The van der Waals surface area contributed by atoms with Gasteiger partial charge in [-0.25, -0.2) is 18.1 Å². The first-order chi connectivity index (χ1) is 31.8. The average molecular weight is 938 g/mol. The van der Waals surface area contributed by atoms with Crippen LogP contribution in [0.3, 0.4) is 0 Å². The monoisotopic (exact) mass is 936 g/mol. The number of morpholine rings is 1. The molecular weight excluding hydrogens is 880 g/mol. The molecule has 0 bridgehead atoms. The van der Waals surface area contributed by atoms with Crippen LogP contribution in [-0.2, 0) is 14.8 Å². The number of carbonyl (C=O) groups is 1. The highest BCUT2D eigenvalue weighted by atomic mass is 35.5. The minimum Gasteiger partial charge on any atom is -0.453 e. The van der Waals surface area contributed by atoms with Crippen molar-refractivity contribution in [3.63, 3.8) is 0 Å². The summed E-state index contributed by atoms with van der Waals surface area (Å²) >= 11 is 6.27. The fourth-order valence-corrected chi connectivity index (χ4v) is 11.1. The summed E-state index contributed by atoms with van der Waals surface area (Å²) in [7, 11) is -4.59. The van der Waals surface area contributed by atoms with Crippen molar-refractivity contribution in [1.29, 1.82) is 0 Å². The Labute approximate surface area is 390 Å². The molecule has 1 amide bonds. The number of nitrogens with one attached hydrogen (secondary N) is 3. The van der Waals surface area contributed by atoms with E-state index in [0.717, 1.165) is 107 Å². The minimum atomic E-state index is -4.59. The van der Waals surface area contributed by atoms with E-state index in [-0.39, 0.29) is 34.1 Å². The molecule has 3 fully saturated rings. The first-order valence-corrected chi connectivity index (χ1v) is 24.8. The van der Waals surface area contributed by atoms with Gasteiger partial charge in [0, 0.05) is 80.6 Å². The predicted molar refractivity (Wildman–Crippen MR) is 257 cm³/mol. The van der Waals surface area contributed by atoms with Gasteiger partial charge < -0.3 is 24.7 Å². The Bertz CT molecular complexity index is 2720. The minimum absolute atomic E-state index is 0.000121. The van der Waals surface area contributed by atoms with Crippen LogP contribution < -0.4 is 19.7 Å².